The molecule has 3 N–H and O–H groups in total. The monoisotopic (exact) mass is 428 g/mol. The van der Waals surface area contributed by atoms with E-state index in [1.807, 2.05) is 72.1 Å². The van der Waals surface area contributed by atoms with E-state index in [9.17, 15) is 4.79 Å². The van der Waals surface area contributed by atoms with E-state index >= 15 is 0 Å². The zero-order valence-electron chi connectivity index (χ0n) is 15.7. The van der Waals surface area contributed by atoms with Crippen molar-refractivity contribution in [3.8, 4) is 22.4 Å². The fourth-order valence-electron chi connectivity index (χ4n) is 3.33. The molecule has 5 aromatic rings. The molecule has 5 nitrogen and oxygen atoms in total. The van der Waals surface area contributed by atoms with Crippen LogP contribution in [0.4, 0.5) is 10.8 Å². The first kappa shape index (κ1) is 18.5. The number of thiophene rings is 1. The van der Waals surface area contributed by atoms with Crippen LogP contribution in [-0.4, -0.2) is 15.9 Å². The third-order valence-corrected chi connectivity index (χ3v) is 6.50. The van der Waals surface area contributed by atoms with Crippen molar-refractivity contribution < 1.29 is 4.79 Å². The van der Waals surface area contributed by atoms with Crippen molar-refractivity contribution >= 4 is 49.6 Å². The number of benzene rings is 2. The maximum Gasteiger partial charge on any atom is 0.269 e. The van der Waals surface area contributed by atoms with Gasteiger partial charge in [-0.05, 0) is 17.2 Å². The van der Waals surface area contributed by atoms with Gasteiger partial charge in [0.1, 0.15) is 9.71 Å². The molecule has 0 radical (unpaired) electrons. The number of hydrogen-bond acceptors (Lipinski definition) is 6. The van der Waals surface area contributed by atoms with E-state index in [2.05, 4.69) is 10.3 Å². The highest BCUT2D eigenvalue weighted by molar-refractivity contribution is 7.21. The highest BCUT2D eigenvalue weighted by Crippen LogP contribution is 2.41. The first-order chi connectivity index (χ1) is 14.7. The lowest BCUT2D eigenvalue weighted by Gasteiger charge is -2.09. The van der Waals surface area contributed by atoms with E-state index in [-0.39, 0.29) is 5.91 Å². The molecule has 3 aromatic heterocycles. The van der Waals surface area contributed by atoms with E-state index in [4.69, 9.17) is 10.7 Å². The summed E-state index contributed by atoms with van der Waals surface area (Å²) < 4.78 is 0. The molecular formula is C23H16N4OS2. The van der Waals surface area contributed by atoms with Crippen LogP contribution in [0.3, 0.4) is 0 Å². The number of anilines is 2. The number of nitrogens with one attached hydrogen (secondary N) is 1. The molecule has 0 saturated carbocycles. The van der Waals surface area contributed by atoms with Crippen molar-refractivity contribution in [3.05, 3.63) is 83.2 Å². The van der Waals surface area contributed by atoms with Gasteiger partial charge in [-0.3, -0.25) is 10.1 Å². The van der Waals surface area contributed by atoms with E-state index in [1.54, 1.807) is 6.20 Å². The number of aromatic nitrogens is 2. The van der Waals surface area contributed by atoms with Gasteiger partial charge in [0, 0.05) is 22.5 Å². The number of carbonyl (C=O) groups is 1. The van der Waals surface area contributed by atoms with Crippen molar-refractivity contribution in [2.24, 2.45) is 0 Å². The third kappa shape index (κ3) is 3.34. The lowest BCUT2D eigenvalue weighted by molar-refractivity contribution is 0.103. The molecule has 0 atom stereocenters. The number of nitrogens with two attached hydrogens (primary N) is 1. The Bertz CT molecular complexity index is 1330. The number of fused-ring (bicyclic) bond motifs is 1. The number of pyridine rings is 1. The molecule has 146 valence electrons. The molecule has 0 aliphatic carbocycles. The third-order valence-electron chi connectivity index (χ3n) is 4.71. The first-order valence-corrected chi connectivity index (χ1v) is 10.9. The zero-order chi connectivity index (χ0) is 20.5. The van der Waals surface area contributed by atoms with Crippen LogP contribution in [0.25, 0.3) is 32.6 Å². The fraction of sp³-hybridized carbons (Fsp3) is 0. The van der Waals surface area contributed by atoms with Gasteiger partial charge in [0.15, 0.2) is 5.13 Å². The Hall–Kier alpha value is -3.55. The Kier molecular flexibility index (Phi) is 4.74. The molecule has 0 spiro atoms. The smallest absolute Gasteiger partial charge is 0.269 e. The van der Waals surface area contributed by atoms with E-state index in [0.29, 0.717) is 15.7 Å². The van der Waals surface area contributed by atoms with Crippen molar-refractivity contribution in [1.82, 2.24) is 9.97 Å². The number of rotatable bonds is 4. The summed E-state index contributed by atoms with van der Waals surface area (Å²) >= 11 is 2.66. The molecule has 5 rings (SSSR count). The zero-order valence-corrected chi connectivity index (χ0v) is 17.3. The van der Waals surface area contributed by atoms with Crippen LogP contribution in [0.1, 0.15) is 9.67 Å². The molecule has 0 fully saturated rings. The summed E-state index contributed by atoms with van der Waals surface area (Å²) in [6, 6.07) is 22.1. The van der Waals surface area contributed by atoms with E-state index < -0.39 is 0 Å². The van der Waals surface area contributed by atoms with Crippen LogP contribution in [0.5, 0.6) is 0 Å². The molecule has 0 aliphatic rings. The van der Waals surface area contributed by atoms with Gasteiger partial charge in [0.2, 0.25) is 0 Å². The summed E-state index contributed by atoms with van der Waals surface area (Å²) in [6.45, 7) is 0. The second kappa shape index (κ2) is 7.70. The van der Waals surface area contributed by atoms with Crippen LogP contribution < -0.4 is 11.1 Å². The normalized spacial score (nSPS) is 10.9. The lowest BCUT2D eigenvalue weighted by atomic mass is 9.99. The summed E-state index contributed by atoms with van der Waals surface area (Å²) in [7, 11) is 0. The number of nitrogens with zero attached hydrogens (tertiary/aromatic N) is 2. The predicted octanol–water partition coefficient (Wildman–Crippen LogP) is 5.92. The fourth-order valence-corrected chi connectivity index (χ4v) is 4.87. The number of carbonyl (C=O) groups excluding carboxylic acids is 1. The molecule has 1 amide bonds. The minimum Gasteiger partial charge on any atom is -0.397 e. The Morgan fingerprint density at radius 2 is 1.67 bits per heavy atom. The van der Waals surface area contributed by atoms with E-state index in [1.165, 1.54) is 22.7 Å². The standard InChI is InChI=1S/C23H16N4OS2/c24-19-18-16(14-7-3-1-4-8-14)13-17(15-9-5-2-6-10-15)26-22(18)30-20(19)21(28)27-23-25-11-12-29-23/h1-13H,24H2,(H,25,27,28). The number of nitrogen functional groups attached to an aromatic ring is 1. The maximum absolute atomic E-state index is 12.9. The molecule has 0 saturated heterocycles. The SMILES string of the molecule is Nc1c(C(=O)Nc2nccs2)sc2nc(-c3ccccc3)cc(-c3ccccc3)c12. The lowest BCUT2D eigenvalue weighted by Crippen LogP contribution is -2.11. The van der Waals surface area contributed by atoms with Crippen molar-refractivity contribution in [1.29, 1.82) is 0 Å². The summed E-state index contributed by atoms with van der Waals surface area (Å²) in [5.41, 5.74) is 10.8. The van der Waals surface area contributed by atoms with Gasteiger partial charge in [-0.2, -0.15) is 0 Å². The molecule has 0 bridgehead atoms. The van der Waals surface area contributed by atoms with Crippen molar-refractivity contribution in [2.45, 2.75) is 0 Å². The Morgan fingerprint density at radius 3 is 2.33 bits per heavy atom. The quantitative estimate of drug-likeness (QED) is 0.372. The number of thiazole rings is 1. The average molecular weight is 429 g/mol. The van der Waals surface area contributed by atoms with Crippen LogP contribution in [0.2, 0.25) is 0 Å². The summed E-state index contributed by atoms with van der Waals surface area (Å²) in [5, 5.41) is 5.97. The summed E-state index contributed by atoms with van der Waals surface area (Å²) in [4.78, 5) is 23.0. The van der Waals surface area contributed by atoms with Crippen LogP contribution >= 0.6 is 22.7 Å². The Labute approximate surface area is 180 Å². The Morgan fingerprint density at radius 1 is 0.967 bits per heavy atom. The first-order valence-electron chi connectivity index (χ1n) is 9.25. The van der Waals surface area contributed by atoms with Gasteiger partial charge in [-0.15, -0.1) is 22.7 Å². The largest absolute Gasteiger partial charge is 0.397 e. The Balaban J connectivity index is 1.71. The predicted molar refractivity (Wildman–Crippen MR) is 125 cm³/mol. The minimum absolute atomic E-state index is 0.272. The average Bonchev–Trinajstić information content (AvgIpc) is 3.42. The number of hydrogen-bond donors (Lipinski definition) is 2. The minimum atomic E-state index is -0.272. The molecule has 0 unspecified atom stereocenters. The number of amides is 1. The molecule has 30 heavy (non-hydrogen) atoms. The van der Waals surface area contributed by atoms with Crippen LogP contribution in [-0.2, 0) is 0 Å². The molecule has 0 aliphatic heterocycles. The van der Waals surface area contributed by atoms with Crippen LogP contribution in [0, 0.1) is 0 Å². The van der Waals surface area contributed by atoms with Gasteiger partial charge >= 0.3 is 0 Å². The highest BCUT2D eigenvalue weighted by Gasteiger charge is 2.22. The summed E-state index contributed by atoms with van der Waals surface area (Å²) in [6.07, 6.45) is 1.65. The van der Waals surface area contributed by atoms with Gasteiger partial charge in [-0.25, -0.2) is 9.97 Å². The van der Waals surface area contributed by atoms with Gasteiger partial charge in [0.05, 0.1) is 11.4 Å². The molecule has 2 aromatic carbocycles. The second-order valence-corrected chi connectivity index (χ2v) is 8.50. The van der Waals surface area contributed by atoms with Gasteiger partial charge in [-0.1, -0.05) is 60.7 Å². The van der Waals surface area contributed by atoms with Gasteiger partial charge in [0.25, 0.3) is 5.91 Å². The van der Waals surface area contributed by atoms with Crippen LogP contribution in [0.15, 0.2) is 78.3 Å². The van der Waals surface area contributed by atoms with Crippen molar-refractivity contribution in [2.75, 3.05) is 11.1 Å². The highest BCUT2D eigenvalue weighted by atomic mass is 32.1. The maximum atomic E-state index is 12.9. The van der Waals surface area contributed by atoms with Gasteiger partial charge < -0.3 is 5.73 Å². The molecule has 3 heterocycles. The summed E-state index contributed by atoms with van der Waals surface area (Å²) in [5.74, 6) is -0.272. The second-order valence-electron chi connectivity index (χ2n) is 6.60. The molecular weight excluding hydrogens is 412 g/mol. The molecule has 7 heteroatoms. The van der Waals surface area contributed by atoms with E-state index in [0.717, 1.165) is 32.6 Å². The van der Waals surface area contributed by atoms with Crippen molar-refractivity contribution in [3.63, 3.8) is 0 Å². The topological polar surface area (TPSA) is 80.9 Å².